The molecular formula is C17H20ClNO3. The Hall–Kier alpha value is -1.55. The van der Waals surface area contributed by atoms with Crippen LogP contribution in [0.2, 0.25) is 5.02 Å². The molecule has 4 nitrogen and oxygen atoms in total. The van der Waals surface area contributed by atoms with E-state index in [1.165, 1.54) is 0 Å². The first-order valence-electron chi connectivity index (χ1n) is 7.81. The van der Waals surface area contributed by atoms with Gasteiger partial charge in [-0.15, -0.1) is 0 Å². The van der Waals surface area contributed by atoms with E-state index in [1.807, 2.05) is 24.3 Å². The van der Waals surface area contributed by atoms with Gasteiger partial charge in [-0.25, -0.2) is 0 Å². The zero-order chi connectivity index (χ0) is 15.7. The quantitative estimate of drug-likeness (QED) is 0.876. The second-order valence-electron chi connectivity index (χ2n) is 6.39. The first-order valence-corrected chi connectivity index (χ1v) is 8.19. The van der Waals surface area contributed by atoms with Gasteiger partial charge in [0.2, 0.25) is 5.91 Å². The van der Waals surface area contributed by atoms with E-state index in [0.717, 1.165) is 24.8 Å². The largest absolute Gasteiger partial charge is 0.481 e. The second kappa shape index (κ2) is 6.29. The van der Waals surface area contributed by atoms with E-state index in [1.54, 1.807) is 0 Å². The van der Waals surface area contributed by atoms with Crippen molar-refractivity contribution in [3.8, 4) is 0 Å². The van der Waals surface area contributed by atoms with Gasteiger partial charge in [0.25, 0.3) is 0 Å². The van der Waals surface area contributed by atoms with Crippen LogP contribution in [0.1, 0.15) is 24.8 Å². The average molecular weight is 322 g/mol. The monoisotopic (exact) mass is 321 g/mol. The lowest BCUT2D eigenvalue weighted by molar-refractivity contribution is -0.149. The summed E-state index contributed by atoms with van der Waals surface area (Å²) >= 11 is 5.93. The standard InChI is InChI=1S/C17H20ClNO3/c18-13-3-1-2-10(8-13)6-7-19-16(20)14-11-4-5-12(9-11)15(14)17(21)22/h1-3,8,11-12,14-15H,4-7,9H2,(H,19,20)(H,21,22)/t11-,12-,14+,15-/m0/s1. The van der Waals surface area contributed by atoms with Gasteiger partial charge in [-0.2, -0.15) is 0 Å². The molecule has 2 aliphatic carbocycles. The van der Waals surface area contributed by atoms with Gasteiger partial charge in [0, 0.05) is 11.6 Å². The zero-order valence-corrected chi connectivity index (χ0v) is 13.1. The molecule has 5 heteroatoms. The number of hydrogen-bond donors (Lipinski definition) is 2. The van der Waals surface area contributed by atoms with E-state index in [4.69, 9.17) is 11.6 Å². The number of halogens is 1. The Morgan fingerprint density at radius 2 is 1.95 bits per heavy atom. The number of nitrogens with one attached hydrogen (secondary N) is 1. The van der Waals surface area contributed by atoms with Gasteiger partial charge in [-0.05, 0) is 55.2 Å². The second-order valence-corrected chi connectivity index (χ2v) is 6.83. The number of aliphatic carboxylic acids is 1. The molecule has 1 amide bonds. The summed E-state index contributed by atoms with van der Waals surface area (Å²) in [6.07, 6.45) is 3.53. The molecule has 1 aromatic rings. The van der Waals surface area contributed by atoms with Crippen molar-refractivity contribution in [2.24, 2.45) is 23.7 Å². The third kappa shape index (κ3) is 2.98. The predicted molar refractivity (Wildman–Crippen MR) is 83.6 cm³/mol. The molecule has 2 fully saturated rings. The molecule has 118 valence electrons. The first kappa shape index (κ1) is 15.3. The molecule has 0 heterocycles. The lowest BCUT2D eigenvalue weighted by Gasteiger charge is -2.27. The molecule has 0 unspecified atom stereocenters. The van der Waals surface area contributed by atoms with E-state index in [9.17, 15) is 14.7 Å². The number of amides is 1. The summed E-state index contributed by atoms with van der Waals surface area (Å²) in [5.41, 5.74) is 1.07. The van der Waals surface area contributed by atoms with E-state index < -0.39 is 11.9 Å². The summed E-state index contributed by atoms with van der Waals surface area (Å²) in [5, 5.41) is 13.0. The molecule has 2 N–H and O–H groups in total. The molecular weight excluding hydrogens is 302 g/mol. The van der Waals surface area contributed by atoms with E-state index in [2.05, 4.69) is 5.32 Å². The number of fused-ring (bicyclic) bond motifs is 2. The number of carboxylic acids is 1. The van der Waals surface area contributed by atoms with Crippen LogP contribution in [0.5, 0.6) is 0 Å². The molecule has 0 saturated heterocycles. The molecule has 22 heavy (non-hydrogen) atoms. The van der Waals surface area contributed by atoms with Crippen LogP contribution in [0.25, 0.3) is 0 Å². The SMILES string of the molecule is O=C(NCCc1cccc(Cl)c1)[C@@H]1[C@H]2CC[C@@H](C2)[C@@H]1C(=O)O. The summed E-state index contributed by atoms with van der Waals surface area (Å²) in [6, 6.07) is 7.55. The molecule has 4 atom stereocenters. The Bertz CT molecular complexity index is 589. The molecule has 2 aliphatic rings. The molecule has 0 aromatic heterocycles. The smallest absolute Gasteiger partial charge is 0.307 e. The highest BCUT2D eigenvalue weighted by Gasteiger charge is 2.53. The molecule has 3 rings (SSSR count). The normalized spacial score (nSPS) is 29.5. The Morgan fingerprint density at radius 3 is 2.64 bits per heavy atom. The minimum atomic E-state index is -0.817. The summed E-state index contributed by atoms with van der Waals surface area (Å²) in [7, 11) is 0. The summed E-state index contributed by atoms with van der Waals surface area (Å²) in [4.78, 5) is 23.9. The molecule has 2 saturated carbocycles. The highest BCUT2D eigenvalue weighted by atomic mass is 35.5. The van der Waals surface area contributed by atoms with Crippen molar-refractivity contribution in [3.63, 3.8) is 0 Å². The lowest BCUT2D eigenvalue weighted by atomic mass is 9.78. The summed E-state index contributed by atoms with van der Waals surface area (Å²) in [6.45, 7) is 0.513. The third-order valence-electron chi connectivity index (χ3n) is 5.11. The minimum Gasteiger partial charge on any atom is -0.481 e. The van der Waals surface area contributed by atoms with Crippen molar-refractivity contribution in [2.75, 3.05) is 6.54 Å². The number of carboxylic acid groups (broad SMARTS) is 1. The third-order valence-corrected chi connectivity index (χ3v) is 5.34. The van der Waals surface area contributed by atoms with E-state index >= 15 is 0 Å². The van der Waals surface area contributed by atoms with Crippen LogP contribution in [0.3, 0.4) is 0 Å². The first-order chi connectivity index (χ1) is 10.6. The Kier molecular flexibility index (Phi) is 4.39. The number of hydrogen-bond acceptors (Lipinski definition) is 2. The van der Waals surface area contributed by atoms with Gasteiger partial charge in [0.15, 0.2) is 0 Å². The molecule has 0 radical (unpaired) electrons. The lowest BCUT2D eigenvalue weighted by Crippen LogP contribution is -2.41. The van der Waals surface area contributed by atoms with Crippen molar-refractivity contribution in [2.45, 2.75) is 25.7 Å². The maximum absolute atomic E-state index is 12.4. The zero-order valence-electron chi connectivity index (χ0n) is 12.3. The Balaban J connectivity index is 1.56. The number of carbonyl (C=O) groups excluding carboxylic acids is 1. The highest BCUT2D eigenvalue weighted by Crippen LogP contribution is 2.52. The fourth-order valence-electron chi connectivity index (χ4n) is 4.16. The van der Waals surface area contributed by atoms with Crippen LogP contribution < -0.4 is 5.32 Å². The van der Waals surface area contributed by atoms with Crippen molar-refractivity contribution in [3.05, 3.63) is 34.9 Å². The number of carbonyl (C=O) groups is 2. The van der Waals surface area contributed by atoms with Crippen LogP contribution in [0.15, 0.2) is 24.3 Å². The highest BCUT2D eigenvalue weighted by molar-refractivity contribution is 6.30. The van der Waals surface area contributed by atoms with Gasteiger partial charge in [0.1, 0.15) is 0 Å². The Labute approximate surface area is 134 Å². The van der Waals surface area contributed by atoms with Crippen LogP contribution >= 0.6 is 11.6 Å². The van der Waals surface area contributed by atoms with Gasteiger partial charge >= 0.3 is 5.97 Å². The minimum absolute atomic E-state index is 0.0957. The van der Waals surface area contributed by atoms with Crippen LogP contribution in [-0.2, 0) is 16.0 Å². The fraction of sp³-hybridized carbons (Fsp3) is 0.529. The predicted octanol–water partition coefficient (Wildman–Crippen LogP) is 2.75. The molecule has 0 spiro atoms. The van der Waals surface area contributed by atoms with Gasteiger partial charge in [-0.1, -0.05) is 23.7 Å². The molecule has 1 aromatic carbocycles. The fourth-order valence-corrected chi connectivity index (χ4v) is 4.38. The van der Waals surface area contributed by atoms with Crippen molar-refractivity contribution in [1.82, 2.24) is 5.32 Å². The van der Waals surface area contributed by atoms with Gasteiger partial charge < -0.3 is 10.4 Å². The number of benzene rings is 1. The Morgan fingerprint density at radius 1 is 1.23 bits per heavy atom. The van der Waals surface area contributed by atoms with Crippen LogP contribution in [-0.4, -0.2) is 23.5 Å². The van der Waals surface area contributed by atoms with Gasteiger partial charge in [-0.3, -0.25) is 9.59 Å². The maximum atomic E-state index is 12.4. The summed E-state index contributed by atoms with van der Waals surface area (Å²) in [5.74, 6) is -1.33. The van der Waals surface area contributed by atoms with Crippen LogP contribution in [0.4, 0.5) is 0 Å². The average Bonchev–Trinajstić information content (AvgIpc) is 3.07. The van der Waals surface area contributed by atoms with Crippen LogP contribution in [0, 0.1) is 23.7 Å². The summed E-state index contributed by atoms with van der Waals surface area (Å²) < 4.78 is 0. The maximum Gasteiger partial charge on any atom is 0.307 e. The number of rotatable bonds is 5. The van der Waals surface area contributed by atoms with Crippen molar-refractivity contribution < 1.29 is 14.7 Å². The van der Waals surface area contributed by atoms with Gasteiger partial charge in [0.05, 0.1) is 11.8 Å². The van der Waals surface area contributed by atoms with E-state index in [-0.39, 0.29) is 23.7 Å². The van der Waals surface area contributed by atoms with E-state index in [0.29, 0.717) is 18.0 Å². The molecule has 0 aliphatic heterocycles. The topological polar surface area (TPSA) is 66.4 Å². The molecule has 2 bridgehead atoms. The van der Waals surface area contributed by atoms with Crippen molar-refractivity contribution in [1.29, 1.82) is 0 Å². The van der Waals surface area contributed by atoms with Crippen molar-refractivity contribution >= 4 is 23.5 Å².